The fourth-order valence-corrected chi connectivity index (χ4v) is 6.79. The lowest BCUT2D eigenvalue weighted by Crippen LogP contribution is -2.52. The van der Waals surface area contributed by atoms with Crippen molar-refractivity contribution in [3.8, 4) is 0 Å². The number of benzene rings is 1. The molecule has 4 saturated carbocycles. The molecule has 5 aliphatic rings. The van der Waals surface area contributed by atoms with Crippen LogP contribution in [0.15, 0.2) is 30.3 Å². The summed E-state index contributed by atoms with van der Waals surface area (Å²) >= 11 is 0. The maximum absolute atomic E-state index is 12.9. The van der Waals surface area contributed by atoms with Crippen molar-refractivity contribution in [2.75, 3.05) is 6.54 Å². The van der Waals surface area contributed by atoms with Crippen molar-refractivity contribution < 1.29 is 9.59 Å². The number of hydrogen-bond donors (Lipinski definition) is 0. The van der Waals surface area contributed by atoms with Crippen LogP contribution in [0.25, 0.3) is 0 Å². The van der Waals surface area contributed by atoms with E-state index in [9.17, 15) is 9.59 Å². The third kappa shape index (κ3) is 2.72. The Bertz CT molecular complexity index is 660. The molecule has 25 heavy (non-hydrogen) atoms. The quantitative estimate of drug-likeness (QED) is 0.783. The molecule has 1 aromatic carbocycles. The summed E-state index contributed by atoms with van der Waals surface area (Å²) in [6.45, 7) is 0.708. The summed E-state index contributed by atoms with van der Waals surface area (Å²) in [6.07, 6.45) is 9.05. The van der Waals surface area contributed by atoms with E-state index in [-0.39, 0.29) is 23.1 Å². The third-order valence-corrected chi connectivity index (χ3v) is 7.32. The number of carbonyl (C=O) groups is 2. The SMILES string of the molecule is O=C1C[C@H](Cc2ccccc2)C(=O)N1CC12CC3CC(CC(C3)C1)C2. The van der Waals surface area contributed by atoms with Crippen LogP contribution in [-0.4, -0.2) is 23.3 Å². The van der Waals surface area contributed by atoms with Crippen LogP contribution in [0.5, 0.6) is 0 Å². The van der Waals surface area contributed by atoms with Gasteiger partial charge in [0.05, 0.1) is 5.92 Å². The molecular formula is C22H27NO2. The largest absolute Gasteiger partial charge is 0.282 e. The summed E-state index contributed by atoms with van der Waals surface area (Å²) in [4.78, 5) is 27.2. The smallest absolute Gasteiger partial charge is 0.233 e. The number of hydrogen-bond acceptors (Lipinski definition) is 2. The molecule has 4 aliphatic carbocycles. The first-order valence-electron chi connectivity index (χ1n) is 9.98. The lowest BCUT2D eigenvalue weighted by Gasteiger charge is -2.57. The lowest BCUT2D eigenvalue weighted by atomic mass is 9.49. The summed E-state index contributed by atoms with van der Waals surface area (Å²) in [6, 6.07) is 10.1. The number of carbonyl (C=O) groups excluding carboxylic acids is 2. The molecule has 1 heterocycles. The fourth-order valence-electron chi connectivity index (χ4n) is 6.79. The Balaban J connectivity index is 1.31. The zero-order chi connectivity index (χ0) is 17.0. The summed E-state index contributed by atoms with van der Waals surface area (Å²) in [5, 5.41) is 0. The van der Waals surface area contributed by atoms with Crippen molar-refractivity contribution in [1.82, 2.24) is 4.90 Å². The van der Waals surface area contributed by atoms with Crippen molar-refractivity contribution in [1.29, 1.82) is 0 Å². The second-order valence-corrected chi connectivity index (χ2v) is 9.33. The van der Waals surface area contributed by atoms with Gasteiger partial charge in [-0.1, -0.05) is 30.3 Å². The Kier molecular flexibility index (Phi) is 3.55. The topological polar surface area (TPSA) is 37.4 Å². The summed E-state index contributed by atoms with van der Waals surface area (Å²) in [5.74, 6) is 2.59. The fraction of sp³-hybridized carbons (Fsp3) is 0.636. The summed E-state index contributed by atoms with van der Waals surface area (Å²) < 4.78 is 0. The van der Waals surface area contributed by atoms with Crippen LogP contribution in [0.1, 0.15) is 50.5 Å². The van der Waals surface area contributed by atoms with Crippen molar-refractivity contribution in [3.63, 3.8) is 0 Å². The first kappa shape index (κ1) is 15.6. The standard InChI is InChI=1S/C22H27NO2/c24-20-10-19(9-15-4-2-1-3-5-15)21(25)23(20)14-22-11-16-6-17(12-22)8-18(7-16)13-22/h1-5,16-19H,6-14H2/t16?,17?,18?,19-,22?/m0/s1. The van der Waals surface area contributed by atoms with E-state index in [0.29, 0.717) is 19.4 Å². The monoisotopic (exact) mass is 337 g/mol. The van der Waals surface area contributed by atoms with Gasteiger partial charge >= 0.3 is 0 Å². The molecule has 1 saturated heterocycles. The molecule has 1 aromatic rings. The maximum atomic E-state index is 12.9. The van der Waals surface area contributed by atoms with Gasteiger partial charge in [-0.25, -0.2) is 0 Å². The highest BCUT2D eigenvalue weighted by molar-refractivity contribution is 6.03. The molecule has 1 atom stereocenters. The van der Waals surface area contributed by atoms with Gasteiger partial charge in [-0.05, 0) is 73.7 Å². The molecule has 6 rings (SSSR count). The van der Waals surface area contributed by atoms with Gasteiger partial charge in [-0.15, -0.1) is 0 Å². The summed E-state index contributed by atoms with van der Waals surface area (Å²) in [7, 11) is 0. The minimum atomic E-state index is -0.149. The van der Waals surface area contributed by atoms with E-state index in [1.54, 1.807) is 4.90 Å². The lowest BCUT2D eigenvalue weighted by molar-refractivity contribution is -0.145. The number of rotatable bonds is 4. The average molecular weight is 337 g/mol. The van der Waals surface area contributed by atoms with Crippen LogP contribution in [0.2, 0.25) is 0 Å². The van der Waals surface area contributed by atoms with Crippen molar-refractivity contribution in [3.05, 3.63) is 35.9 Å². The highest BCUT2D eigenvalue weighted by Crippen LogP contribution is 2.60. The van der Waals surface area contributed by atoms with E-state index >= 15 is 0 Å². The minimum absolute atomic E-state index is 0.0710. The molecule has 5 fully saturated rings. The second kappa shape index (κ2) is 5.69. The van der Waals surface area contributed by atoms with Crippen LogP contribution < -0.4 is 0 Å². The minimum Gasteiger partial charge on any atom is -0.282 e. The van der Waals surface area contributed by atoms with Gasteiger partial charge in [-0.2, -0.15) is 0 Å². The molecule has 4 bridgehead atoms. The Hall–Kier alpha value is -1.64. The Labute approximate surface area is 149 Å². The Morgan fingerprint density at radius 3 is 2.12 bits per heavy atom. The number of amides is 2. The Morgan fingerprint density at radius 2 is 1.52 bits per heavy atom. The second-order valence-electron chi connectivity index (χ2n) is 9.33. The van der Waals surface area contributed by atoms with Crippen LogP contribution in [0.3, 0.4) is 0 Å². The predicted octanol–water partition coefficient (Wildman–Crippen LogP) is 3.82. The van der Waals surface area contributed by atoms with Gasteiger partial charge in [0.25, 0.3) is 0 Å². The average Bonchev–Trinajstić information content (AvgIpc) is 2.82. The van der Waals surface area contributed by atoms with E-state index in [2.05, 4.69) is 12.1 Å². The first-order chi connectivity index (χ1) is 12.1. The van der Waals surface area contributed by atoms with Crippen molar-refractivity contribution >= 4 is 11.8 Å². The molecule has 0 spiro atoms. The van der Waals surface area contributed by atoms with Gasteiger partial charge < -0.3 is 0 Å². The van der Waals surface area contributed by atoms with Crippen LogP contribution >= 0.6 is 0 Å². The molecule has 132 valence electrons. The highest BCUT2D eigenvalue weighted by Gasteiger charge is 2.53. The van der Waals surface area contributed by atoms with Gasteiger partial charge in [0.2, 0.25) is 11.8 Å². The van der Waals surface area contributed by atoms with Crippen molar-refractivity contribution in [2.45, 2.75) is 51.4 Å². The van der Waals surface area contributed by atoms with Crippen LogP contribution in [0, 0.1) is 29.1 Å². The van der Waals surface area contributed by atoms with Gasteiger partial charge in [-0.3, -0.25) is 14.5 Å². The van der Waals surface area contributed by atoms with Crippen LogP contribution in [-0.2, 0) is 16.0 Å². The maximum Gasteiger partial charge on any atom is 0.233 e. The first-order valence-corrected chi connectivity index (χ1v) is 9.98. The van der Waals surface area contributed by atoms with Gasteiger partial charge in [0.1, 0.15) is 0 Å². The van der Waals surface area contributed by atoms with Gasteiger partial charge in [0, 0.05) is 13.0 Å². The highest BCUT2D eigenvalue weighted by atomic mass is 16.2. The normalized spacial score (nSPS) is 39.4. The van der Waals surface area contributed by atoms with Gasteiger partial charge in [0.15, 0.2) is 0 Å². The van der Waals surface area contributed by atoms with E-state index < -0.39 is 0 Å². The molecule has 3 heteroatoms. The third-order valence-electron chi connectivity index (χ3n) is 7.32. The van der Waals surface area contributed by atoms with E-state index in [4.69, 9.17) is 0 Å². The van der Waals surface area contributed by atoms with Crippen molar-refractivity contribution in [2.24, 2.45) is 29.1 Å². The molecule has 0 aromatic heterocycles. The number of nitrogens with zero attached hydrogens (tertiary/aromatic N) is 1. The molecule has 0 radical (unpaired) electrons. The molecule has 3 nitrogen and oxygen atoms in total. The van der Waals surface area contributed by atoms with Crippen LogP contribution in [0.4, 0.5) is 0 Å². The number of likely N-dealkylation sites (tertiary alicyclic amines) is 1. The molecule has 1 aliphatic heterocycles. The van der Waals surface area contributed by atoms with E-state index in [1.807, 2.05) is 18.2 Å². The summed E-state index contributed by atoms with van der Waals surface area (Å²) in [5.41, 5.74) is 1.41. The molecule has 0 unspecified atom stereocenters. The zero-order valence-corrected chi connectivity index (χ0v) is 14.8. The Morgan fingerprint density at radius 1 is 0.920 bits per heavy atom. The molecule has 2 amide bonds. The van der Waals surface area contributed by atoms with E-state index in [0.717, 1.165) is 23.3 Å². The molecular weight excluding hydrogens is 310 g/mol. The van der Waals surface area contributed by atoms with E-state index in [1.165, 1.54) is 38.5 Å². The zero-order valence-electron chi connectivity index (χ0n) is 14.8. The molecule has 0 N–H and O–H groups in total. The number of imide groups is 1. The predicted molar refractivity (Wildman–Crippen MR) is 95.6 cm³/mol.